The molecule has 132 valence electrons. The van der Waals surface area contributed by atoms with Crippen molar-refractivity contribution in [3.8, 4) is 5.69 Å². The Balaban J connectivity index is 1.32. The lowest BCUT2D eigenvalue weighted by molar-refractivity contribution is -0.131. The highest BCUT2D eigenvalue weighted by Gasteiger charge is 2.29. The van der Waals surface area contributed by atoms with Crippen molar-refractivity contribution in [3.05, 3.63) is 69.6 Å². The van der Waals surface area contributed by atoms with Crippen molar-refractivity contribution in [1.82, 2.24) is 15.1 Å². The SMILES string of the molecule is O=C(NCc1cnn(-c2ccccc2)c1)C1CC(c2ccc(Cl)s2)=NO1. The number of halogens is 1. The lowest BCUT2D eigenvalue weighted by Crippen LogP contribution is -2.34. The van der Waals surface area contributed by atoms with E-state index in [1.807, 2.05) is 48.7 Å². The van der Waals surface area contributed by atoms with Gasteiger partial charge in [-0.3, -0.25) is 4.79 Å². The van der Waals surface area contributed by atoms with Crippen molar-refractivity contribution in [2.24, 2.45) is 5.16 Å². The maximum Gasteiger partial charge on any atom is 0.264 e. The number of para-hydroxylation sites is 1. The smallest absolute Gasteiger partial charge is 0.264 e. The van der Waals surface area contributed by atoms with Crippen LogP contribution in [0.4, 0.5) is 0 Å². The van der Waals surface area contributed by atoms with E-state index in [-0.39, 0.29) is 5.91 Å². The number of benzene rings is 1. The molecule has 1 unspecified atom stereocenters. The van der Waals surface area contributed by atoms with Crippen LogP contribution in [0.3, 0.4) is 0 Å². The number of amides is 1. The van der Waals surface area contributed by atoms with Gasteiger partial charge in [0, 0.05) is 24.7 Å². The fourth-order valence-electron chi connectivity index (χ4n) is 2.61. The molecule has 2 aromatic heterocycles. The molecule has 1 aliphatic rings. The summed E-state index contributed by atoms with van der Waals surface area (Å²) >= 11 is 7.36. The molecule has 0 aliphatic carbocycles. The molecule has 4 rings (SSSR count). The van der Waals surface area contributed by atoms with Crippen LogP contribution in [0.15, 0.2) is 60.0 Å². The third-order valence-corrected chi connectivity index (χ3v) is 5.22. The summed E-state index contributed by atoms with van der Waals surface area (Å²) in [7, 11) is 0. The van der Waals surface area contributed by atoms with E-state index in [9.17, 15) is 4.79 Å². The number of carbonyl (C=O) groups excluding carboxylic acids is 1. The minimum atomic E-state index is -0.616. The van der Waals surface area contributed by atoms with E-state index in [2.05, 4.69) is 15.6 Å². The predicted molar refractivity (Wildman–Crippen MR) is 101 cm³/mol. The molecule has 0 fully saturated rings. The Labute approximate surface area is 159 Å². The molecule has 6 nitrogen and oxygen atoms in total. The minimum Gasteiger partial charge on any atom is -0.382 e. The number of hydrogen-bond donors (Lipinski definition) is 1. The molecule has 1 aromatic carbocycles. The number of carbonyl (C=O) groups is 1. The van der Waals surface area contributed by atoms with Gasteiger partial charge in [-0.1, -0.05) is 35.0 Å². The van der Waals surface area contributed by atoms with Gasteiger partial charge in [0.2, 0.25) is 6.10 Å². The fourth-order valence-corrected chi connectivity index (χ4v) is 3.64. The molecule has 1 aliphatic heterocycles. The number of thiophene rings is 1. The molecule has 1 amide bonds. The second kappa shape index (κ2) is 7.31. The first-order valence-electron chi connectivity index (χ1n) is 8.04. The van der Waals surface area contributed by atoms with Gasteiger partial charge in [-0.05, 0) is 24.3 Å². The lowest BCUT2D eigenvalue weighted by atomic mass is 10.1. The van der Waals surface area contributed by atoms with Crippen LogP contribution in [-0.4, -0.2) is 27.5 Å². The summed E-state index contributed by atoms with van der Waals surface area (Å²) in [4.78, 5) is 18.5. The molecule has 3 heterocycles. The Morgan fingerprint density at radius 3 is 2.92 bits per heavy atom. The van der Waals surface area contributed by atoms with Crippen LogP contribution in [0, 0.1) is 0 Å². The monoisotopic (exact) mass is 386 g/mol. The Hall–Kier alpha value is -2.64. The van der Waals surface area contributed by atoms with Crippen molar-refractivity contribution in [2.45, 2.75) is 19.1 Å². The van der Waals surface area contributed by atoms with Crippen molar-refractivity contribution in [1.29, 1.82) is 0 Å². The first-order valence-corrected chi connectivity index (χ1v) is 9.23. The Kier molecular flexibility index (Phi) is 4.73. The van der Waals surface area contributed by atoms with Gasteiger partial charge >= 0.3 is 0 Å². The van der Waals surface area contributed by atoms with Crippen LogP contribution in [0.25, 0.3) is 5.69 Å². The van der Waals surface area contributed by atoms with E-state index in [1.54, 1.807) is 10.9 Å². The van der Waals surface area contributed by atoms with Crippen LogP contribution in [0.2, 0.25) is 4.34 Å². The summed E-state index contributed by atoms with van der Waals surface area (Å²) in [5.41, 5.74) is 2.63. The summed E-state index contributed by atoms with van der Waals surface area (Å²) < 4.78 is 2.46. The molecule has 0 spiro atoms. The number of oxime groups is 1. The third kappa shape index (κ3) is 3.63. The lowest BCUT2D eigenvalue weighted by Gasteiger charge is -2.08. The van der Waals surface area contributed by atoms with Crippen LogP contribution in [-0.2, 0) is 16.2 Å². The zero-order chi connectivity index (χ0) is 17.9. The van der Waals surface area contributed by atoms with Crippen LogP contribution >= 0.6 is 22.9 Å². The minimum absolute atomic E-state index is 0.195. The molecule has 26 heavy (non-hydrogen) atoms. The predicted octanol–water partition coefficient (Wildman–Crippen LogP) is 3.40. The molecular formula is C18H15ClN4O2S. The molecule has 0 saturated carbocycles. The topological polar surface area (TPSA) is 68.5 Å². The number of nitrogens with one attached hydrogen (secondary N) is 1. The van der Waals surface area contributed by atoms with Crippen LogP contribution in [0.1, 0.15) is 16.9 Å². The molecular weight excluding hydrogens is 372 g/mol. The van der Waals surface area contributed by atoms with Gasteiger partial charge in [-0.25, -0.2) is 4.68 Å². The van der Waals surface area contributed by atoms with E-state index in [1.165, 1.54) is 11.3 Å². The average Bonchev–Trinajstić information content (AvgIpc) is 3.40. The molecule has 0 saturated heterocycles. The van der Waals surface area contributed by atoms with Gasteiger partial charge in [0.1, 0.15) is 5.71 Å². The largest absolute Gasteiger partial charge is 0.382 e. The van der Waals surface area contributed by atoms with E-state index < -0.39 is 6.10 Å². The van der Waals surface area contributed by atoms with Gasteiger partial charge in [-0.15, -0.1) is 11.3 Å². The molecule has 1 N–H and O–H groups in total. The quantitative estimate of drug-likeness (QED) is 0.730. The van der Waals surface area contributed by atoms with Gasteiger partial charge in [-0.2, -0.15) is 5.10 Å². The maximum atomic E-state index is 12.3. The maximum absolute atomic E-state index is 12.3. The standard InChI is InChI=1S/C18H15ClN4O2S/c19-17-7-6-16(26-17)14-8-15(25-22-14)18(24)20-9-12-10-21-23(11-12)13-4-2-1-3-5-13/h1-7,10-11,15H,8-9H2,(H,20,24). The van der Waals surface area contributed by atoms with Crippen molar-refractivity contribution >= 4 is 34.6 Å². The second-order valence-electron chi connectivity index (χ2n) is 5.79. The Morgan fingerprint density at radius 2 is 2.15 bits per heavy atom. The van der Waals surface area contributed by atoms with Gasteiger partial charge < -0.3 is 10.2 Å². The number of aromatic nitrogens is 2. The van der Waals surface area contributed by atoms with E-state index in [0.717, 1.165) is 21.8 Å². The molecule has 0 bridgehead atoms. The van der Waals surface area contributed by atoms with Crippen molar-refractivity contribution in [2.75, 3.05) is 0 Å². The summed E-state index contributed by atoms with van der Waals surface area (Å²) in [5, 5.41) is 11.2. The Bertz CT molecular complexity index is 951. The van der Waals surface area contributed by atoms with Crippen LogP contribution < -0.4 is 5.32 Å². The van der Waals surface area contributed by atoms with E-state index >= 15 is 0 Å². The van der Waals surface area contributed by atoms with Crippen molar-refractivity contribution < 1.29 is 9.63 Å². The van der Waals surface area contributed by atoms with Gasteiger partial charge in [0.15, 0.2) is 0 Å². The second-order valence-corrected chi connectivity index (χ2v) is 7.50. The van der Waals surface area contributed by atoms with Gasteiger partial charge in [0.25, 0.3) is 5.91 Å². The highest BCUT2D eigenvalue weighted by Crippen LogP contribution is 2.26. The van der Waals surface area contributed by atoms with Crippen molar-refractivity contribution in [3.63, 3.8) is 0 Å². The average molecular weight is 387 g/mol. The number of hydrogen-bond acceptors (Lipinski definition) is 5. The number of rotatable bonds is 5. The summed E-state index contributed by atoms with van der Waals surface area (Å²) in [6.45, 7) is 0.381. The summed E-state index contributed by atoms with van der Waals surface area (Å²) in [6.07, 6.45) is 3.44. The summed E-state index contributed by atoms with van der Waals surface area (Å²) in [6, 6.07) is 13.5. The molecule has 8 heteroatoms. The number of nitrogens with zero attached hydrogens (tertiary/aromatic N) is 3. The highest BCUT2D eigenvalue weighted by atomic mass is 35.5. The van der Waals surface area contributed by atoms with E-state index in [4.69, 9.17) is 16.4 Å². The molecule has 3 aromatic rings. The normalized spacial score (nSPS) is 16.2. The first kappa shape index (κ1) is 16.8. The highest BCUT2D eigenvalue weighted by molar-refractivity contribution is 7.18. The zero-order valence-electron chi connectivity index (χ0n) is 13.6. The first-order chi connectivity index (χ1) is 12.7. The van der Waals surface area contributed by atoms with E-state index in [0.29, 0.717) is 17.3 Å². The zero-order valence-corrected chi connectivity index (χ0v) is 15.2. The third-order valence-electron chi connectivity index (χ3n) is 3.94. The summed E-state index contributed by atoms with van der Waals surface area (Å²) in [5.74, 6) is -0.195. The van der Waals surface area contributed by atoms with Crippen LogP contribution in [0.5, 0.6) is 0 Å². The molecule has 1 atom stereocenters. The molecule has 0 radical (unpaired) electrons. The fraction of sp³-hybridized carbons (Fsp3) is 0.167. The van der Waals surface area contributed by atoms with Gasteiger partial charge in [0.05, 0.1) is 21.1 Å². The Morgan fingerprint density at radius 1 is 1.31 bits per heavy atom.